The Hall–Kier alpha value is -3.01. The first kappa shape index (κ1) is 15.9. The number of ketones is 1. The number of methoxy groups -OCH3 is 2. The van der Waals surface area contributed by atoms with E-state index in [4.69, 9.17) is 9.47 Å². The molecule has 1 N–H and O–H groups in total. The van der Waals surface area contributed by atoms with Crippen molar-refractivity contribution in [1.82, 2.24) is 4.98 Å². The molecular formula is C20H19NO3. The highest BCUT2D eigenvalue weighted by molar-refractivity contribution is 6.01. The van der Waals surface area contributed by atoms with Gasteiger partial charge in [0.1, 0.15) is 11.5 Å². The highest BCUT2D eigenvalue weighted by Gasteiger charge is 2.15. The quantitative estimate of drug-likeness (QED) is 0.700. The lowest BCUT2D eigenvalue weighted by Gasteiger charge is -2.04. The summed E-state index contributed by atoms with van der Waals surface area (Å²) < 4.78 is 10.4. The number of benzene rings is 2. The second kappa shape index (κ2) is 6.62. The van der Waals surface area contributed by atoms with Gasteiger partial charge in [0.05, 0.1) is 19.9 Å². The SMILES string of the molecule is COc1ccc(-c2cc(C(C)=O)c(-c3ccc(OC)cc3)[nH]2)cc1. The van der Waals surface area contributed by atoms with E-state index in [2.05, 4.69) is 4.98 Å². The summed E-state index contributed by atoms with van der Waals surface area (Å²) in [5.74, 6) is 1.61. The van der Waals surface area contributed by atoms with E-state index in [1.807, 2.05) is 54.6 Å². The fourth-order valence-corrected chi connectivity index (χ4v) is 2.64. The number of H-pyrrole nitrogens is 1. The molecule has 0 unspecified atom stereocenters. The Morgan fingerprint density at radius 1 is 0.833 bits per heavy atom. The van der Waals surface area contributed by atoms with Crippen LogP contribution >= 0.6 is 0 Å². The molecule has 4 nitrogen and oxygen atoms in total. The third-order valence-corrected chi connectivity index (χ3v) is 3.98. The maximum absolute atomic E-state index is 12.0. The standard InChI is InChI=1S/C20H19NO3/c1-13(22)18-12-19(14-4-8-16(23-2)9-5-14)21-20(18)15-6-10-17(24-3)11-7-15/h4-12,21H,1-3H3. The molecule has 3 aromatic rings. The first-order valence-electron chi connectivity index (χ1n) is 7.65. The zero-order valence-electron chi connectivity index (χ0n) is 13.9. The van der Waals surface area contributed by atoms with Gasteiger partial charge in [-0.2, -0.15) is 0 Å². The van der Waals surface area contributed by atoms with Crippen molar-refractivity contribution in [1.29, 1.82) is 0 Å². The van der Waals surface area contributed by atoms with Crippen LogP contribution in [0.2, 0.25) is 0 Å². The molecular weight excluding hydrogens is 302 g/mol. The number of aromatic amines is 1. The number of nitrogens with one attached hydrogen (secondary N) is 1. The van der Waals surface area contributed by atoms with E-state index in [1.54, 1.807) is 21.1 Å². The monoisotopic (exact) mass is 321 g/mol. The average molecular weight is 321 g/mol. The molecule has 0 spiro atoms. The number of aromatic nitrogens is 1. The highest BCUT2D eigenvalue weighted by Crippen LogP contribution is 2.31. The second-order valence-corrected chi connectivity index (χ2v) is 5.48. The van der Waals surface area contributed by atoms with Crippen LogP contribution in [0.25, 0.3) is 22.5 Å². The van der Waals surface area contributed by atoms with Crippen molar-refractivity contribution in [2.75, 3.05) is 14.2 Å². The van der Waals surface area contributed by atoms with Crippen molar-refractivity contribution in [3.8, 4) is 34.0 Å². The van der Waals surface area contributed by atoms with Gasteiger partial charge in [-0.05, 0) is 72.6 Å². The van der Waals surface area contributed by atoms with Crippen molar-refractivity contribution in [3.63, 3.8) is 0 Å². The van der Waals surface area contributed by atoms with Gasteiger partial charge in [-0.1, -0.05) is 0 Å². The van der Waals surface area contributed by atoms with Crippen LogP contribution in [0.15, 0.2) is 54.6 Å². The Morgan fingerprint density at radius 3 is 1.79 bits per heavy atom. The number of ether oxygens (including phenoxy) is 2. The lowest BCUT2D eigenvalue weighted by molar-refractivity contribution is 0.101. The molecule has 1 heterocycles. The lowest BCUT2D eigenvalue weighted by Crippen LogP contribution is -1.93. The summed E-state index contributed by atoms with van der Waals surface area (Å²) in [6.45, 7) is 1.58. The lowest BCUT2D eigenvalue weighted by atomic mass is 10.1. The average Bonchev–Trinajstić information content (AvgIpc) is 3.07. The van der Waals surface area contributed by atoms with Crippen molar-refractivity contribution < 1.29 is 14.3 Å². The van der Waals surface area contributed by atoms with Gasteiger partial charge in [0.2, 0.25) is 0 Å². The molecule has 0 saturated carbocycles. The summed E-state index contributed by atoms with van der Waals surface area (Å²) in [5, 5.41) is 0. The van der Waals surface area contributed by atoms with Crippen LogP contribution in [0.3, 0.4) is 0 Å². The van der Waals surface area contributed by atoms with Crippen LogP contribution in [0.1, 0.15) is 17.3 Å². The minimum absolute atomic E-state index is 0.0248. The zero-order valence-corrected chi connectivity index (χ0v) is 13.9. The van der Waals surface area contributed by atoms with E-state index >= 15 is 0 Å². The summed E-state index contributed by atoms with van der Waals surface area (Å²) in [6.07, 6.45) is 0. The van der Waals surface area contributed by atoms with Crippen LogP contribution in [-0.4, -0.2) is 25.0 Å². The molecule has 0 aliphatic rings. The molecule has 2 aromatic carbocycles. The third-order valence-electron chi connectivity index (χ3n) is 3.98. The molecule has 0 radical (unpaired) electrons. The van der Waals surface area contributed by atoms with Gasteiger partial charge in [-0.15, -0.1) is 0 Å². The summed E-state index contributed by atoms with van der Waals surface area (Å²) in [5.41, 5.74) is 4.33. The number of Topliss-reactive ketones (excluding diaryl/α,β-unsaturated/α-hetero) is 1. The van der Waals surface area contributed by atoms with Crippen LogP contribution in [0, 0.1) is 0 Å². The number of hydrogen-bond donors (Lipinski definition) is 1. The normalized spacial score (nSPS) is 10.5. The summed E-state index contributed by atoms with van der Waals surface area (Å²) in [4.78, 5) is 15.4. The highest BCUT2D eigenvalue weighted by atomic mass is 16.5. The smallest absolute Gasteiger partial charge is 0.161 e. The molecule has 0 amide bonds. The van der Waals surface area contributed by atoms with Crippen molar-refractivity contribution >= 4 is 5.78 Å². The first-order valence-corrected chi connectivity index (χ1v) is 7.65. The topological polar surface area (TPSA) is 51.3 Å². The van der Waals surface area contributed by atoms with Crippen LogP contribution in [-0.2, 0) is 0 Å². The van der Waals surface area contributed by atoms with Gasteiger partial charge in [0, 0.05) is 11.3 Å². The fourth-order valence-electron chi connectivity index (χ4n) is 2.64. The molecule has 122 valence electrons. The van der Waals surface area contributed by atoms with Gasteiger partial charge >= 0.3 is 0 Å². The number of hydrogen-bond acceptors (Lipinski definition) is 3. The molecule has 0 bridgehead atoms. The fraction of sp³-hybridized carbons (Fsp3) is 0.150. The molecule has 0 aliphatic heterocycles. The van der Waals surface area contributed by atoms with Crippen molar-refractivity contribution in [2.24, 2.45) is 0 Å². The Labute approximate surface area is 141 Å². The van der Waals surface area contributed by atoms with Gasteiger partial charge < -0.3 is 14.5 Å². The predicted molar refractivity (Wildman–Crippen MR) is 94.8 cm³/mol. The van der Waals surface area contributed by atoms with Gasteiger partial charge in [-0.3, -0.25) is 4.79 Å². The van der Waals surface area contributed by atoms with Crippen LogP contribution in [0.4, 0.5) is 0 Å². The zero-order chi connectivity index (χ0) is 17.1. The van der Waals surface area contributed by atoms with Crippen molar-refractivity contribution in [2.45, 2.75) is 6.92 Å². The van der Waals surface area contributed by atoms with E-state index in [1.165, 1.54) is 0 Å². The Morgan fingerprint density at radius 2 is 1.33 bits per heavy atom. The van der Waals surface area contributed by atoms with E-state index in [0.717, 1.165) is 34.0 Å². The molecule has 24 heavy (non-hydrogen) atoms. The van der Waals surface area contributed by atoms with Gasteiger partial charge in [-0.25, -0.2) is 0 Å². The molecule has 4 heteroatoms. The molecule has 0 fully saturated rings. The largest absolute Gasteiger partial charge is 0.497 e. The summed E-state index contributed by atoms with van der Waals surface area (Å²) >= 11 is 0. The number of rotatable bonds is 5. The maximum Gasteiger partial charge on any atom is 0.161 e. The molecule has 0 saturated heterocycles. The molecule has 0 aliphatic carbocycles. The molecule has 1 aromatic heterocycles. The number of carbonyl (C=O) groups excluding carboxylic acids is 1. The summed E-state index contributed by atoms with van der Waals surface area (Å²) in [6, 6.07) is 17.3. The van der Waals surface area contributed by atoms with Gasteiger partial charge in [0.25, 0.3) is 0 Å². The summed E-state index contributed by atoms with van der Waals surface area (Å²) in [7, 11) is 3.27. The minimum Gasteiger partial charge on any atom is -0.497 e. The van der Waals surface area contributed by atoms with E-state index < -0.39 is 0 Å². The van der Waals surface area contributed by atoms with Crippen LogP contribution < -0.4 is 9.47 Å². The van der Waals surface area contributed by atoms with E-state index in [9.17, 15) is 4.79 Å². The second-order valence-electron chi connectivity index (χ2n) is 5.48. The molecule has 0 atom stereocenters. The third kappa shape index (κ3) is 3.04. The minimum atomic E-state index is 0.0248. The first-order chi connectivity index (χ1) is 11.6. The Kier molecular flexibility index (Phi) is 4.38. The van der Waals surface area contributed by atoms with E-state index in [-0.39, 0.29) is 5.78 Å². The Bertz CT molecular complexity index is 846. The van der Waals surface area contributed by atoms with E-state index in [0.29, 0.717) is 5.56 Å². The Balaban J connectivity index is 2.05. The number of carbonyl (C=O) groups is 1. The van der Waals surface area contributed by atoms with Crippen LogP contribution in [0.5, 0.6) is 11.5 Å². The predicted octanol–water partition coefficient (Wildman–Crippen LogP) is 4.57. The van der Waals surface area contributed by atoms with Crippen molar-refractivity contribution in [3.05, 3.63) is 60.2 Å². The van der Waals surface area contributed by atoms with Gasteiger partial charge in [0.15, 0.2) is 5.78 Å². The molecule has 3 rings (SSSR count). The maximum atomic E-state index is 12.0.